The van der Waals surface area contributed by atoms with Crippen molar-refractivity contribution in [1.82, 2.24) is 4.98 Å². The summed E-state index contributed by atoms with van der Waals surface area (Å²) in [6, 6.07) is 17.0. The van der Waals surface area contributed by atoms with E-state index in [1.807, 2.05) is 17.5 Å². The summed E-state index contributed by atoms with van der Waals surface area (Å²) in [5.41, 5.74) is 2.34. The first-order valence-corrected chi connectivity index (χ1v) is 13.4. The van der Waals surface area contributed by atoms with Crippen molar-refractivity contribution in [3.63, 3.8) is 0 Å². The van der Waals surface area contributed by atoms with Crippen LogP contribution in [0.25, 0.3) is 11.3 Å². The minimum atomic E-state index is -0.339. The summed E-state index contributed by atoms with van der Waals surface area (Å²) in [5, 5.41) is 9.66. The molecule has 11 heteroatoms. The van der Waals surface area contributed by atoms with Crippen molar-refractivity contribution in [2.45, 2.75) is 4.90 Å². The van der Waals surface area contributed by atoms with Gasteiger partial charge in [-0.3, -0.25) is 9.59 Å². The summed E-state index contributed by atoms with van der Waals surface area (Å²) in [7, 11) is 0. The molecule has 4 rings (SSSR count). The maximum absolute atomic E-state index is 12.4. The molecule has 0 aliphatic carbocycles. The first kappa shape index (κ1) is 25.8. The Bertz CT molecular complexity index is 1390. The number of nitrogens with zero attached hydrogens (tertiary/aromatic N) is 1. The van der Waals surface area contributed by atoms with Gasteiger partial charge in [-0.25, -0.2) is 4.98 Å². The summed E-state index contributed by atoms with van der Waals surface area (Å²) in [6.45, 7) is 0. The highest BCUT2D eigenvalue weighted by Gasteiger charge is 2.13. The van der Waals surface area contributed by atoms with Crippen LogP contribution in [-0.4, -0.2) is 22.6 Å². The van der Waals surface area contributed by atoms with Gasteiger partial charge in [-0.15, -0.1) is 23.1 Å². The van der Waals surface area contributed by atoms with E-state index in [0.717, 1.165) is 10.5 Å². The van der Waals surface area contributed by atoms with Gasteiger partial charge in [0.2, 0.25) is 5.91 Å². The molecule has 35 heavy (non-hydrogen) atoms. The molecule has 0 fully saturated rings. The zero-order valence-electron chi connectivity index (χ0n) is 17.7. The van der Waals surface area contributed by atoms with Crippen molar-refractivity contribution in [2.24, 2.45) is 0 Å². The molecule has 0 aliphatic heterocycles. The van der Waals surface area contributed by atoms with E-state index in [4.69, 9.17) is 46.4 Å². The Morgan fingerprint density at radius 2 is 1.54 bits per heavy atom. The molecule has 0 saturated heterocycles. The second kappa shape index (κ2) is 11.6. The number of aromatic nitrogens is 1. The average Bonchev–Trinajstić information content (AvgIpc) is 3.26. The van der Waals surface area contributed by atoms with Gasteiger partial charge in [0.1, 0.15) is 0 Å². The van der Waals surface area contributed by atoms with Gasteiger partial charge in [0, 0.05) is 31.6 Å². The van der Waals surface area contributed by atoms with Crippen LogP contribution in [0.5, 0.6) is 0 Å². The molecule has 0 bridgehead atoms. The molecule has 2 N–H and O–H groups in total. The lowest BCUT2D eigenvalue weighted by Gasteiger charge is -2.08. The molecule has 178 valence electrons. The monoisotopic (exact) mass is 581 g/mol. The lowest BCUT2D eigenvalue weighted by molar-refractivity contribution is -0.113. The zero-order chi connectivity index (χ0) is 24.9. The van der Waals surface area contributed by atoms with Gasteiger partial charge in [0.05, 0.1) is 27.1 Å². The molecule has 2 amide bonds. The Labute approximate surface area is 229 Å². The Kier molecular flexibility index (Phi) is 8.59. The van der Waals surface area contributed by atoms with Crippen molar-refractivity contribution in [3.8, 4) is 11.3 Å². The molecule has 1 aromatic heterocycles. The molecule has 4 aromatic rings. The van der Waals surface area contributed by atoms with Crippen molar-refractivity contribution in [2.75, 3.05) is 16.4 Å². The molecule has 0 radical (unpaired) electrons. The predicted molar refractivity (Wildman–Crippen MR) is 148 cm³/mol. The van der Waals surface area contributed by atoms with E-state index in [0.29, 0.717) is 37.1 Å². The van der Waals surface area contributed by atoms with Crippen LogP contribution in [0.3, 0.4) is 0 Å². The topological polar surface area (TPSA) is 71.1 Å². The van der Waals surface area contributed by atoms with Crippen molar-refractivity contribution in [1.29, 1.82) is 0 Å². The van der Waals surface area contributed by atoms with Crippen LogP contribution in [0.2, 0.25) is 20.1 Å². The fraction of sp³-hybridized carbons (Fsp3) is 0.0417. The Balaban J connectivity index is 1.29. The molecule has 5 nitrogen and oxygen atoms in total. The van der Waals surface area contributed by atoms with E-state index in [9.17, 15) is 9.59 Å². The highest BCUT2D eigenvalue weighted by Crippen LogP contribution is 2.32. The molecule has 0 aliphatic rings. The highest BCUT2D eigenvalue weighted by molar-refractivity contribution is 8.00. The number of rotatable bonds is 7. The number of nitrogens with one attached hydrogen (secondary N) is 2. The molecular weight excluding hydrogens is 568 g/mol. The number of hydrogen-bond donors (Lipinski definition) is 2. The highest BCUT2D eigenvalue weighted by atomic mass is 35.5. The minimum absolute atomic E-state index is 0.187. The number of anilines is 2. The smallest absolute Gasteiger partial charge is 0.257 e. The SMILES string of the molecule is O=C(CSc1ccc(NC(=O)c2ccc(Cl)cc2Cl)cc1)Nc1nc(-c2ccc(Cl)cc2Cl)cs1. The van der Waals surface area contributed by atoms with E-state index < -0.39 is 0 Å². The van der Waals surface area contributed by atoms with Crippen LogP contribution in [0.15, 0.2) is 70.9 Å². The van der Waals surface area contributed by atoms with Gasteiger partial charge in [0.25, 0.3) is 5.91 Å². The summed E-state index contributed by atoms with van der Waals surface area (Å²) in [4.78, 5) is 30.1. The van der Waals surface area contributed by atoms with Crippen molar-refractivity contribution >= 4 is 92.1 Å². The molecule has 3 aromatic carbocycles. The number of amides is 2. The number of hydrogen-bond acceptors (Lipinski definition) is 5. The maximum atomic E-state index is 12.4. The first-order chi connectivity index (χ1) is 16.8. The number of halogens is 4. The molecule has 0 unspecified atom stereocenters. The molecule has 0 atom stereocenters. The van der Waals surface area contributed by atoms with Gasteiger partial charge in [-0.2, -0.15) is 0 Å². The fourth-order valence-corrected chi connectivity index (χ4v) is 5.39. The van der Waals surface area contributed by atoms with E-state index >= 15 is 0 Å². The van der Waals surface area contributed by atoms with Gasteiger partial charge in [0.15, 0.2) is 5.13 Å². The number of thioether (sulfide) groups is 1. The van der Waals surface area contributed by atoms with Crippen LogP contribution < -0.4 is 10.6 Å². The van der Waals surface area contributed by atoms with Crippen LogP contribution >= 0.6 is 69.5 Å². The minimum Gasteiger partial charge on any atom is -0.322 e. The van der Waals surface area contributed by atoms with Gasteiger partial charge in [-0.05, 0) is 60.7 Å². The molecule has 0 spiro atoms. The van der Waals surface area contributed by atoms with Crippen LogP contribution in [-0.2, 0) is 4.79 Å². The van der Waals surface area contributed by atoms with E-state index in [1.54, 1.807) is 42.5 Å². The summed E-state index contributed by atoms with van der Waals surface area (Å²) >= 11 is 26.8. The Morgan fingerprint density at radius 3 is 2.23 bits per heavy atom. The summed E-state index contributed by atoms with van der Waals surface area (Å²) < 4.78 is 0. The van der Waals surface area contributed by atoms with E-state index in [1.165, 1.54) is 29.2 Å². The molecular formula is C24H15Cl4N3O2S2. The van der Waals surface area contributed by atoms with Crippen LogP contribution in [0.1, 0.15) is 10.4 Å². The van der Waals surface area contributed by atoms with Gasteiger partial charge in [-0.1, -0.05) is 46.4 Å². The number of carbonyl (C=O) groups excluding carboxylic acids is 2. The zero-order valence-corrected chi connectivity index (χ0v) is 22.3. The second-order valence-electron chi connectivity index (χ2n) is 7.10. The maximum Gasteiger partial charge on any atom is 0.257 e. The normalized spacial score (nSPS) is 10.7. The lowest BCUT2D eigenvalue weighted by Crippen LogP contribution is -2.14. The first-order valence-electron chi connectivity index (χ1n) is 9.98. The third kappa shape index (κ3) is 6.91. The quantitative estimate of drug-likeness (QED) is 0.215. The van der Waals surface area contributed by atoms with Crippen LogP contribution in [0.4, 0.5) is 10.8 Å². The number of benzene rings is 3. The number of carbonyl (C=O) groups is 2. The summed E-state index contributed by atoms with van der Waals surface area (Å²) in [5.74, 6) is -0.329. The van der Waals surface area contributed by atoms with Gasteiger partial charge < -0.3 is 10.6 Å². The Hall–Kier alpha value is -2.26. The van der Waals surface area contributed by atoms with Crippen molar-refractivity contribution < 1.29 is 9.59 Å². The summed E-state index contributed by atoms with van der Waals surface area (Å²) in [6.07, 6.45) is 0. The largest absolute Gasteiger partial charge is 0.322 e. The van der Waals surface area contributed by atoms with Crippen LogP contribution in [0, 0.1) is 0 Å². The van der Waals surface area contributed by atoms with Crippen molar-refractivity contribution in [3.05, 3.63) is 91.7 Å². The predicted octanol–water partition coefficient (Wildman–Crippen LogP) is 8.41. The number of thiazole rings is 1. The third-order valence-corrected chi connectivity index (χ3v) is 7.48. The lowest BCUT2D eigenvalue weighted by atomic mass is 10.2. The fourth-order valence-electron chi connectivity index (χ4n) is 2.96. The Morgan fingerprint density at radius 1 is 0.857 bits per heavy atom. The molecule has 0 saturated carbocycles. The third-order valence-electron chi connectivity index (χ3n) is 4.62. The van der Waals surface area contributed by atoms with Gasteiger partial charge >= 0.3 is 0 Å². The van der Waals surface area contributed by atoms with E-state index in [2.05, 4.69) is 15.6 Å². The second-order valence-corrected chi connectivity index (χ2v) is 10.7. The van der Waals surface area contributed by atoms with E-state index in [-0.39, 0.29) is 22.6 Å². The average molecular weight is 583 g/mol. The molecule has 1 heterocycles. The standard InChI is InChI=1S/C24H15Cl4N3O2S2/c25-13-1-7-17(19(27)9-13)21-11-35-24(30-21)31-22(32)12-34-16-5-3-15(4-6-16)29-23(33)18-8-2-14(26)10-20(18)28/h1-11H,12H2,(H,29,33)(H,30,31,32).